The van der Waals surface area contributed by atoms with Gasteiger partial charge in [-0.25, -0.2) is 18.6 Å². The second-order valence-corrected chi connectivity index (χ2v) is 10.9. The minimum atomic E-state index is -4.94. The summed E-state index contributed by atoms with van der Waals surface area (Å²) in [5.74, 6) is 0. The van der Waals surface area contributed by atoms with E-state index in [0.29, 0.717) is 15.8 Å². The Labute approximate surface area is 145 Å². The fraction of sp³-hybridized carbons (Fsp3) is 1.00. The normalized spacial score (nSPS) is 10.2. The van der Waals surface area contributed by atoms with Crippen LogP contribution in [0.4, 0.5) is 0 Å². The van der Waals surface area contributed by atoms with Crippen molar-refractivity contribution >= 4 is 15.8 Å². The molecule has 0 bridgehead atoms. The van der Waals surface area contributed by atoms with Crippen molar-refractivity contribution in [3.8, 4) is 0 Å². The average molecular weight is 533 g/mol. The monoisotopic (exact) mass is 532 g/mol. The largest absolute Gasteiger partial charge is 1.00 e. The number of hydrogen-bond acceptors (Lipinski definition) is 4. The Morgan fingerprint density at radius 2 is 0.650 bits per heavy atom. The molecule has 0 rings (SSSR count). The average Bonchev–Trinajstić information content (AvgIpc) is 2.32. The van der Waals surface area contributed by atoms with E-state index in [0.717, 1.165) is 0 Å². The van der Waals surface area contributed by atoms with E-state index >= 15 is 0 Å². The molecule has 0 aliphatic rings. The zero-order valence-corrected chi connectivity index (χ0v) is 18.2. The van der Waals surface area contributed by atoms with E-state index in [1.807, 2.05) is 0 Å². The third-order valence-electron chi connectivity index (χ3n) is 2.68. The molecular weight excluding hydrogens is 502 g/mol. The van der Waals surface area contributed by atoms with Gasteiger partial charge in [0, 0.05) is 0 Å². The minimum Gasteiger partial charge on any atom is -0.222 e. The van der Waals surface area contributed by atoms with Crippen LogP contribution in [-0.4, -0.2) is 37.0 Å². The minimum absolute atomic E-state index is 0. The maximum absolute atomic E-state index is 8.49. The SMILES string of the molecule is CCP(CC)CC.CCP(CC)CC.[Au+].[O-][Cl+3]([O-])([O-])[O-]. The smallest absolute Gasteiger partial charge is 0.222 e. The standard InChI is InChI=1S/2C6H15P.Au.ClHO4/c2*1-4-7(5-2)6-3;;2-1(3,4)5/h2*4-6H2,1-3H3;;(H,2,3,4,5)/q;;+1;/p-1. The van der Waals surface area contributed by atoms with E-state index < -0.39 is 10.2 Å². The molecule has 0 amide bonds. The summed E-state index contributed by atoms with van der Waals surface area (Å²) in [6.07, 6.45) is 8.51. The van der Waals surface area contributed by atoms with Crippen molar-refractivity contribution in [2.45, 2.75) is 41.5 Å². The Hall–Kier alpha value is 1.73. The van der Waals surface area contributed by atoms with Crippen molar-refractivity contribution < 1.29 is 51.3 Å². The van der Waals surface area contributed by atoms with Gasteiger partial charge in [-0.2, -0.15) is 0 Å². The van der Waals surface area contributed by atoms with Crippen LogP contribution in [0.15, 0.2) is 0 Å². The fourth-order valence-electron chi connectivity index (χ4n) is 1.34. The van der Waals surface area contributed by atoms with Crippen LogP contribution in [0, 0.1) is 10.2 Å². The van der Waals surface area contributed by atoms with E-state index in [4.69, 9.17) is 18.6 Å². The van der Waals surface area contributed by atoms with Gasteiger partial charge in [0.15, 0.2) is 0 Å². The van der Waals surface area contributed by atoms with E-state index in [9.17, 15) is 0 Å². The van der Waals surface area contributed by atoms with E-state index in [1.54, 1.807) is 0 Å². The third kappa shape index (κ3) is 36.7. The molecule has 0 aromatic rings. The zero-order valence-electron chi connectivity index (χ0n) is 13.4. The zero-order chi connectivity index (χ0) is 15.9. The van der Waals surface area contributed by atoms with Crippen LogP contribution in [0.1, 0.15) is 41.5 Å². The molecule has 0 aromatic heterocycles. The van der Waals surface area contributed by atoms with Crippen molar-refractivity contribution in [2.75, 3.05) is 37.0 Å². The summed E-state index contributed by atoms with van der Waals surface area (Å²) >= 11 is 0. The summed E-state index contributed by atoms with van der Waals surface area (Å²) in [5.41, 5.74) is 0. The van der Waals surface area contributed by atoms with Gasteiger partial charge in [-0.05, 0) is 37.0 Å². The van der Waals surface area contributed by atoms with Gasteiger partial charge in [-0.1, -0.05) is 41.5 Å². The second-order valence-electron chi connectivity index (χ2n) is 3.62. The van der Waals surface area contributed by atoms with Crippen molar-refractivity contribution in [3.63, 3.8) is 0 Å². The van der Waals surface area contributed by atoms with Gasteiger partial charge in [-0.15, -0.1) is 26.1 Å². The van der Waals surface area contributed by atoms with Crippen molar-refractivity contribution in [2.24, 2.45) is 0 Å². The first kappa shape index (κ1) is 29.7. The molecule has 0 heterocycles. The Kier molecular flexibility index (Phi) is 30.8. The number of rotatable bonds is 6. The van der Waals surface area contributed by atoms with Crippen LogP contribution < -0.4 is 18.6 Å². The first-order chi connectivity index (χ1) is 8.69. The topological polar surface area (TPSA) is 92.2 Å². The van der Waals surface area contributed by atoms with Gasteiger partial charge in [0.05, 0.1) is 0 Å². The summed E-state index contributed by atoms with van der Waals surface area (Å²) < 4.78 is 34.0. The second kappa shape index (κ2) is 20.7. The van der Waals surface area contributed by atoms with Crippen LogP contribution in [0.5, 0.6) is 0 Å². The molecule has 20 heavy (non-hydrogen) atoms. The van der Waals surface area contributed by atoms with Gasteiger partial charge >= 0.3 is 22.4 Å². The summed E-state index contributed by atoms with van der Waals surface area (Å²) in [6, 6.07) is 0. The van der Waals surface area contributed by atoms with Gasteiger partial charge in [0.25, 0.3) is 0 Å². The maximum atomic E-state index is 8.49. The molecule has 0 radical (unpaired) electrons. The summed E-state index contributed by atoms with van der Waals surface area (Å²) in [7, 11) is -4.05. The van der Waals surface area contributed by atoms with Crippen LogP contribution in [0.3, 0.4) is 0 Å². The molecule has 0 saturated heterocycles. The molecule has 0 aliphatic carbocycles. The Bertz CT molecular complexity index is 137. The third-order valence-corrected chi connectivity index (χ3v) is 8.05. The van der Waals surface area contributed by atoms with Gasteiger partial charge < -0.3 is 0 Å². The predicted octanol–water partition coefficient (Wildman–Crippen LogP) is 0.298. The Balaban J connectivity index is -0.0000000952. The van der Waals surface area contributed by atoms with Crippen molar-refractivity contribution in [1.29, 1.82) is 0 Å². The van der Waals surface area contributed by atoms with Crippen LogP contribution in [0.2, 0.25) is 0 Å². The van der Waals surface area contributed by atoms with Crippen LogP contribution in [0.25, 0.3) is 0 Å². The van der Waals surface area contributed by atoms with E-state index in [-0.39, 0.29) is 22.4 Å². The predicted molar refractivity (Wildman–Crippen MR) is 77.1 cm³/mol. The van der Waals surface area contributed by atoms with E-state index in [1.165, 1.54) is 37.0 Å². The summed E-state index contributed by atoms with van der Waals surface area (Å²) in [6.45, 7) is 13.7. The fourth-order valence-corrected chi connectivity index (χ4v) is 4.02. The number of halogens is 1. The molecule has 0 spiro atoms. The molecule has 0 aliphatic heterocycles. The first-order valence-electron chi connectivity index (χ1n) is 6.76. The summed E-state index contributed by atoms with van der Waals surface area (Å²) in [4.78, 5) is 0. The van der Waals surface area contributed by atoms with Crippen LogP contribution >= 0.6 is 15.8 Å². The van der Waals surface area contributed by atoms with E-state index in [2.05, 4.69) is 41.5 Å². The molecular formula is C12H30AuClO4P2. The maximum Gasteiger partial charge on any atom is 1.00 e. The molecule has 130 valence electrons. The molecule has 8 heteroatoms. The number of hydrogen-bond donors (Lipinski definition) is 0. The van der Waals surface area contributed by atoms with Gasteiger partial charge in [-0.3, -0.25) is 0 Å². The van der Waals surface area contributed by atoms with Crippen molar-refractivity contribution in [3.05, 3.63) is 0 Å². The summed E-state index contributed by atoms with van der Waals surface area (Å²) in [5, 5.41) is 0. The molecule has 0 unspecified atom stereocenters. The molecule has 4 nitrogen and oxygen atoms in total. The van der Waals surface area contributed by atoms with Crippen LogP contribution in [-0.2, 0) is 22.4 Å². The Morgan fingerprint density at radius 1 is 0.550 bits per heavy atom. The molecule has 0 saturated carbocycles. The molecule has 0 N–H and O–H groups in total. The molecule has 0 aromatic carbocycles. The van der Waals surface area contributed by atoms with Crippen molar-refractivity contribution in [1.82, 2.24) is 0 Å². The Morgan fingerprint density at radius 3 is 0.650 bits per heavy atom. The molecule has 0 atom stereocenters. The quantitative estimate of drug-likeness (QED) is 0.363. The van der Waals surface area contributed by atoms with Gasteiger partial charge in [0.2, 0.25) is 0 Å². The van der Waals surface area contributed by atoms with Gasteiger partial charge in [0.1, 0.15) is 0 Å². The molecule has 0 fully saturated rings. The first-order valence-corrected chi connectivity index (χ1v) is 11.8.